The van der Waals surface area contributed by atoms with Crippen LogP contribution in [-0.2, 0) is 9.47 Å². The van der Waals surface area contributed by atoms with Crippen LogP contribution in [0, 0.1) is 6.42 Å². The standard InChI is InChI=1S/C12H17N2O2/c1-15-10-16-12-5-3-7-14(9-12)11-4-2-6-13-8-11/h2-4,6,8,12H,5,7,9-10H2,1H3/t12-/m0/s1. The first-order chi connectivity index (χ1) is 7.90. The highest BCUT2D eigenvalue weighted by atomic mass is 16.7. The fourth-order valence-corrected chi connectivity index (χ4v) is 1.85. The third-order valence-corrected chi connectivity index (χ3v) is 2.64. The van der Waals surface area contributed by atoms with E-state index < -0.39 is 0 Å². The highest BCUT2D eigenvalue weighted by Gasteiger charge is 2.20. The zero-order valence-corrected chi connectivity index (χ0v) is 9.50. The van der Waals surface area contributed by atoms with Gasteiger partial charge in [-0.1, -0.05) is 0 Å². The van der Waals surface area contributed by atoms with Crippen molar-refractivity contribution in [3.05, 3.63) is 30.9 Å². The molecule has 0 unspecified atom stereocenters. The number of pyridine rings is 1. The first kappa shape index (κ1) is 11.4. The van der Waals surface area contributed by atoms with Gasteiger partial charge in [0.1, 0.15) is 6.79 Å². The second-order valence-corrected chi connectivity index (χ2v) is 3.84. The fraction of sp³-hybridized carbons (Fsp3) is 0.500. The summed E-state index contributed by atoms with van der Waals surface area (Å²) in [7, 11) is 1.64. The van der Waals surface area contributed by atoms with Crippen LogP contribution in [0.15, 0.2) is 24.5 Å². The molecule has 2 heterocycles. The molecule has 0 spiro atoms. The predicted octanol–water partition coefficient (Wildman–Crippen LogP) is 1.49. The van der Waals surface area contributed by atoms with E-state index >= 15 is 0 Å². The minimum absolute atomic E-state index is 0.217. The predicted molar refractivity (Wildman–Crippen MR) is 62.1 cm³/mol. The lowest BCUT2D eigenvalue weighted by Crippen LogP contribution is -2.40. The molecule has 2 rings (SSSR count). The molecule has 1 radical (unpaired) electrons. The summed E-state index contributed by atoms with van der Waals surface area (Å²) in [4.78, 5) is 6.39. The largest absolute Gasteiger partial charge is 0.367 e. The van der Waals surface area contributed by atoms with Gasteiger partial charge in [0.2, 0.25) is 0 Å². The molecule has 0 N–H and O–H groups in total. The monoisotopic (exact) mass is 221 g/mol. The number of piperidine rings is 1. The van der Waals surface area contributed by atoms with Gasteiger partial charge in [0.15, 0.2) is 0 Å². The van der Waals surface area contributed by atoms with E-state index in [1.807, 2.05) is 12.3 Å². The molecule has 1 atom stereocenters. The third kappa shape index (κ3) is 2.93. The lowest BCUT2D eigenvalue weighted by Gasteiger charge is -2.33. The second-order valence-electron chi connectivity index (χ2n) is 3.84. The van der Waals surface area contributed by atoms with Gasteiger partial charge < -0.3 is 14.4 Å². The summed E-state index contributed by atoms with van der Waals surface area (Å²) in [6.45, 7) is 2.21. The summed E-state index contributed by atoms with van der Waals surface area (Å²) in [6.07, 6.45) is 7.11. The molecule has 1 aromatic heterocycles. The number of methoxy groups -OCH3 is 1. The van der Waals surface area contributed by atoms with Crippen LogP contribution in [0.4, 0.5) is 5.69 Å². The normalized spacial score (nSPS) is 21.1. The SMILES string of the molecule is COCO[C@H]1C[CH]CN(c2cccnc2)C1. The van der Waals surface area contributed by atoms with Crippen LogP contribution in [0.3, 0.4) is 0 Å². The molecule has 0 aromatic carbocycles. The third-order valence-electron chi connectivity index (χ3n) is 2.64. The number of nitrogens with zero attached hydrogens (tertiary/aromatic N) is 2. The molecule has 87 valence electrons. The van der Waals surface area contributed by atoms with Crippen molar-refractivity contribution in [1.29, 1.82) is 0 Å². The molecule has 1 saturated heterocycles. The quantitative estimate of drug-likeness (QED) is 0.721. The molecule has 1 aromatic rings. The van der Waals surface area contributed by atoms with Crippen molar-refractivity contribution in [3.63, 3.8) is 0 Å². The smallest absolute Gasteiger partial charge is 0.146 e. The molecular formula is C12H17N2O2. The molecule has 0 amide bonds. The number of rotatable bonds is 4. The molecule has 1 aliphatic heterocycles. The lowest BCUT2D eigenvalue weighted by molar-refractivity contribution is -0.0706. The highest BCUT2D eigenvalue weighted by molar-refractivity contribution is 5.44. The molecule has 0 saturated carbocycles. The van der Waals surface area contributed by atoms with E-state index in [0.29, 0.717) is 6.79 Å². The van der Waals surface area contributed by atoms with E-state index in [2.05, 4.69) is 22.4 Å². The topological polar surface area (TPSA) is 34.6 Å². The molecule has 4 nitrogen and oxygen atoms in total. The minimum atomic E-state index is 0.217. The number of ether oxygens (including phenoxy) is 2. The summed E-state index contributed by atoms with van der Waals surface area (Å²) >= 11 is 0. The molecule has 1 fully saturated rings. The average Bonchev–Trinajstić information content (AvgIpc) is 2.38. The Hall–Kier alpha value is -1.13. The summed E-state index contributed by atoms with van der Waals surface area (Å²) in [5.74, 6) is 0. The Morgan fingerprint density at radius 1 is 1.56 bits per heavy atom. The van der Waals surface area contributed by atoms with Gasteiger partial charge in [-0.05, 0) is 25.0 Å². The van der Waals surface area contributed by atoms with Crippen LogP contribution in [0.1, 0.15) is 6.42 Å². The van der Waals surface area contributed by atoms with Crippen LogP contribution in [-0.4, -0.2) is 38.1 Å². The zero-order valence-electron chi connectivity index (χ0n) is 9.50. The van der Waals surface area contributed by atoms with Crippen molar-refractivity contribution < 1.29 is 9.47 Å². The van der Waals surface area contributed by atoms with E-state index in [0.717, 1.165) is 25.2 Å². The van der Waals surface area contributed by atoms with E-state index in [-0.39, 0.29) is 6.10 Å². The molecule has 16 heavy (non-hydrogen) atoms. The van der Waals surface area contributed by atoms with E-state index in [1.54, 1.807) is 13.3 Å². The van der Waals surface area contributed by atoms with Gasteiger partial charge in [-0.25, -0.2) is 0 Å². The lowest BCUT2D eigenvalue weighted by atomic mass is 10.1. The number of anilines is 1. The molecule has 0 bridgehead atoms. The Morgan fingerprint density at radius 3 is 3.25 bits per heavy atom. The van der Waals surface area contributed by atoms with Crippen molar-refractivity contribution in [3.8, 4) is 0 Å². The van der Waals surface area contributed by atoms with Gasteiger partial charge in [-0.15, -0.1) is 0 Å². The summed E-state index contributed by atoms with van der Waals surface area (Å²) < 4.78 is 10.5. The average molecular weight is 221 g/mol. The Bertz CT molecular complexity index is 305. The highest BCUT2D eigenvalue weighted by Crippen LogP contribution is 2.19. The first-order valence-corrected chi connectivity index (χ1v) is 5.47. The van der Waals surface area contributed by atoms with Crippen molar-refractivity contribution in [2.75, 3.05) is 31.9 Å². The Kier molecular flexibility index (Phi) is 4.13. The van der Waals surface area contributed by atoms with Crippen molar-refractivity contribution in [2.45, 2.75) is 12.5 Å². The van der Waals surface area contributed by atoms with Crippen molar-refractivity contribution in [2.24, 2.45) is 0 Å². The van der Waals surface area contributed by atoms with Crippen molar-refractivity contribution in [1.82, 2.24) is 4.98 Å². The van der Waals surface area contributed by atoms with Crippen molar-refractivity contribution >= 4 is 5.69 Å². The maximum Gasteiger partial charge on any atom is 0.146 e. The Labute approximate surface area is 96.2 Å². The van der Waals surface area contributed by atoms with Crippen LogP contribution < -0.4 is 4.90 Å². The molecule has 4 heteroatoms. The second kappa shape index (κ2) is 5.82. The van der Waals surface area contributed by atoms with E-state index in [4.69, 9.17) is 9.47 Å². The van der Waals surface area contributed by atoms with Gasteiger partial charge in [-0.2, -0.15) is 0 Å². The Morgan fingerprint density at radius 2 is 2.50 bits per heavy atom. The molecular weight excluding hydrogens is 204 g/mol. The van der Waals surface area contributed by atoms with Gasteiger partial charge in [0.05, 0.1) is 18.0 Å². The number of aromatic nitrogens is 1. The van der Waals surface area contributed by atoms with E-state index in [1.165, 1.54) is 0 Å². The Balaban J connectivity index is 1.91. The fourth-order valence-electron chi connectivity index (χ4n) is 1.85. The molecule has 1 aliphatic rings. The summed E-state index contributed by atoms with van der Waals surface area (Å²) in [5, 5.41) is 0. The zero-order chi connectivity index (χ0) is 11.2. The number of hydrogen-bond acceptors (Lipinski definition) is 4. The minimum Gasteiger partial charge on any atom is -0.367 e. The summed E-state index contributed by atoms with van der Waals surface area (Å²) in [5.41, 5.74) is 1.14. The van der Waals surface area contributed by atoms with Crippen LogP contribution in [0.25, 0.3) is 0 Å². The van der Waals surface area contributed by atoms with Gasteiger partial charge >= 0.3 is 0 Å². The maximum absolute atomic E-state index is 5.57. The summed E-state index contributed by atoms with van der Waals surface area (Å²) in [6, 6.07) is 4.02. The van der Waals surface area contributed by atoms with Gasteiger partial charge in [0.25, 0.3) is 0 Å². The van der Waals surface area contributed by atoms with Gasteiger partial charge in [-0.3, -0.25) is 4.98 Å². The van der Waals surface area contributed by atoms with Crippen LogP contribution in [0.2, 0.25) is 0 Å². The first-order valence-electron chi connectivity index (χ1n) is 5.47. The van der Waals surface area contributed by atoms with Gasteiger partial charge in [0, 0.05) is 26.4 Å². The number of hydrogen-bond donors (Lipinski definition) is 0. The van der Waals surface area contributed by atoms with Crippen LogP contribution in [0.5, 0.6) is 0 Å². The molecule has 0 aliphatic carbocycles. The van der Waals surface area contributed by atoms with Crippen LogP contribution >= 0.6 is 0 Å². The van der Waals surface area contributed by atoms with E-state index in [9.17, 15) is 0 Å². The maximum atomic E-state index is 5.57.